The van der Waals surface area contributed by atoms with Crippen molar-refractivity contribution in [3.63, 3.8) is 0 Å². The van der Waals surface area contributed by atoms with Crippen LogP contribution in [0.25, 0.3) is 0 Å². The minimum Gasteiger partial charge on any atom is -0.493 e. The summed E-state index contributed by atoms with van der Waals surface area (Å²) in [4.78, 5) is 14.6. The summed E-state index contributed by atoms with van der Waals surface area (Å²) < 4.78 is 43.9. The van der Waals surface area contributed by atoms with Crippen LogP contribution in [0.1, 0.15) is 23.1 Å². The van der Waals surface area contributed by atoms with Crippen molar-refractivity contribution in [1.29, 1.82) is 0 Å². The van der Waals surface area contributed by atoms with Gasteiger partial charge in [-0.15, -0.1) is 0 Å². The van der Waals surface area contributed by atoms with E-state index in [1.165, 1.54) is 0 Å². The monoisotopic (exact) mass is 512 g/mol. The molecule has 0 aliphatic carbocycles. The molecule has 0 aromatic heterocycles. The summed E-state index contributed by atoms with van der Waals surface area (Å²) >= 11 is 0. The molecule has 1 amide bonds. The van der Waals surface area contributed by atoms with E-state index in [-0.39, 0.29) is 17.3 Å². The van der Waals surface area contributed by atoms with Crippen LogP contribution >= 0.6 is 0 Å². The molecule has 3 rings (SSSR count). The van der Waals surface area contributed by atoms with Gasteiger partial charge in [-0.3, -0.25) is 4.79 Å². The number of hydrogen-bond acceptors (Lipinski definition) is 6. The Bertz CT molecular complexity index is 1240. The van der Waals surface area contributed by atoms with Gasteiger partial charge < -0.3 is 19.1 Å². The van der Waals surface area contributed by atoms with E-state index in [1.54, 1.807) is 57.5 Å². The molecule has 1 N–H and O–H groups in total. The number of methoxy groups -OCH3 is 3. The van der Waals surface area contributed by atoms with Gasteiger partial charge in [-0.1, -0.05) is 42.5 Å². The van der Waals surface area contributed by atoms with E-state index in [1.807, 2.05) is 42.5 Å². The highest BCUT2D eigenvalue weighted by atomic mass is 32.2. The van der Waals surface area contributed by atoms with Crippen molar-refractivity contribution in [1.82, 2.24) is 9.62 Å². The van der Waals surface area contributed by atoms with E-state index in [4.69, 9.17) is 14.2 Å². The van der Waals surface area contributed by atoms with Gasteiger partial charge in [0.15, 0.2) is 11.5 Å². The molecule has 0 spiro atoms. The number of rotatable bonds is 12. The zero-order valence-corrected chi connectivity index (χ0v) is 21.8. The molecule has 36 heavy (non-hydrogen) atoms. The largest absolute Gasteiger partial charge is 0.493 e. The average molecular weight is 513 g/mol. The molecule has 9 heteroatoms. The molecule has 0 aliphatic heterocycles. The number of carbonyl (C=O) groups excluding carboxylic acids is 1. The Hall–Kier alpha value is -3.56. The molecule has 3 aromatic rings. The Kier molecular flexibility index (Phi) is 9.32. The van der Waals surface area contributed by atoms with E-state index in [2.05, 4.69) is 4.72 Å². The van der Waals surface area contributed by atoms with Gasteiger partial charge in [0, 0.05) is 26.6 Å². The molecule has 0 aliphatic rings. The molecule has 0 heterocycles. The van der Waals surface area contributed by atoms with Gasteiger partial charge in [-0.05, 0) is 47.4 Å². The lowest BCUT2D eigenvalue weighted by atomic mass is 10.1. The summed E-state index contributed by atoms with van der Waals surface area (Å²) in [6.45, 7) is 0.595. The van der Waals surface area contributed by atoms with Gasteiger partial charge in [-0.25, -0.2) is 13.1 Å². The van der Waals surface area contributed by atoms with Gasteiger partial charge >= 0.3 is 0 Å². The Balaban J connectivity index is 1.56. The van der Waals surface area contributed by atoms with Crippen molar-refractivity contribution in [2.75, 3.05) is 28.4 Å². The van der Waals surface area contributed by atoms with Crippen LogP contribution in [0.4, 0.5) is 0 Å². The van der Waals surface area contributed by atoms with E-state index in [0.717, 1.165) is 16.7 Å². The fraction of sp³-hybridized carbons (Fsp3) is 0.296. The smallest absolute Gasteiger partial charge is 0.240 e. The number of hydrogen-bond donors (Lipinski definition) is 1. The maximum atomic E-state index is 12.7. The normalized spacial score (nSPS) is 11.1. The molecule has 0 saturated heterocycles. The van der Waals surface area contributed by atoms with Gasteiger partial charge in [0.1, 0.15) is 0 Å². The summed E-state index contributed by atoms with van der Waals surface area (Å²) in [5, 5.41) is 0. The maximum absolute atomic E-state index is 12.7. The number of nitrogens with zero attached hydrogens (tertiary/aromatic N) is 1. The number of ether oxygens (including phenoxy) is 3. The number of amides is 1. The Morgan fingerprint density at radius 1 is 0.833 bits per heavy atom. The Labute approximate surface area is 212 Å². The van der Waals surface area contributed by atoms with Gasteiger partial charge in [-0.2, -0.15) is 0 Å². The SMILES string of the molecule is COc1cc(CN(C)C(=O)CCc2ccc(S(=O)(=O)NCc3ccccc3)cc2)cc(OC)c1OC. The summed E-state index contributed by atoms with van der Waals surface area (Å²) in [6.07, 6.45) is 0.787. The first-order chi connectivity index (χ1) is 17.3. The topological polar surface area (TPSA) is 94.2 Å². The first-order valence-corrected chi connectivity index (χ1v) is 12.9. The molecule has 0 saturated carbocycles. The fourth-order valence-corrected chi connectivity index (χ4v) is 4.74. The Morgan fingerprint density at radius 2 is 1.44 bits per heavy atom. The predicted molar refractivity (Wildman–Crippen MR) is 138 cm³/mol. The van der Waals surface area contributed by atoms with E-state index < -0.39 is 10.0 Å². The van der Waals surface area contributed by atoms with Crippen molar-refractivity contribution in [2.24, 2.45) is 0 Å². The lowest BCUT2D eigenvalue weighted by molar-refractivity contribution is -0.130. The second kappa shape index (κ2) is 12.4. The van der Waals surface area contributed by atoms with Crippen LogP contribution in [0.5, 0.6) is 17.2 Å². The highest BCUT2D eigenvalue weighted by molar-refractivity contribution is 7.89. The van der Waals surface area contributed by atoms with Crippen molar-refractivity contribution >= 4 is 15.9 Å². The summed E-state index contributed by atoms with van der Waals surface area (Å²) in [7, 11) is 2.75. The second-order valence-corrected chi connectivity index (χ2v) is 10.0. The number of carbonyl (C=O) groups is 1. The molecule has 0 unspecified atom stereocenters. The third kappa shape index (κ3) is 6.99. The van der Waals surface area contributed by atoms with E-state index in [0.29, 0.717) is 36.6 Å². The summed E-state index contributed by atoms with van der Waals surface area (Å²) in [5.74, 6) is 1.52. The maximum Gasteiger partial charge on any atom is 0.240 e. The standard InChI is InChI=1S/C27H32N2O6S/c1-29(19-22-16-24(33-2)27(35-4)25(17-22)34-3)26(30)15-12-20-10-13-23(14-11-20)36(31,32)28-18-21-8-6-5-7-9-21/h5-11,13-14,16-17,28H,12,15,18-19H2,1-4H3. The molecular formula is C27H32N2O6S. The second-order valence-electron chi connectivity index (χ2n) is 8.24. The third-order valence-electron chi connectivity index (χ3n) is 5.74. The van der Waals surface area contributed by atoms with Gasteiger partial charge in [0.2, 0.25) is 21.7 Å². The molecule has 0 fully saturated rings. The highest BCUT2D eigenvalue weighted by Gasteiger charge is 2.17. The lowest BCUT2D eigenvalue weighted by Gasteiger charge is -2.19. The van der Waals surface area contributed by atoms with Crippen LogP contribution in [0.3, 0.4) is 0 Å². The molecule has 0 bridgehead atoms. The zero-order valence-electron chi connectivity index (χ0n) is 21.0. The zero-order chi connectivity index (χ0) is 26.1. The molecule has 0 atom stereocenters. The summed E-state index contributed by atoms with van der Waals surface area (Å²) in [5.41, 5.74) is 2.61. The van der Waals surface area contributed by atoms with Gasteiger partial charge in [0.05, 0.1) is 26.2 Å². The highest BCUT2D eigenvalue weighted by Crippen LogP contribution is 2.38. The van der Waals surface area contributed by atoms with Crippen LogP contribution in [0.2, 0.25) is 0 Å². The number of aryl methyl sites for hydroxylation is 1. The fourth-order valence-electron chi connectivity index (χ4n) is 3.72. The van der Waals surface area contributed by atoms with E-state index in [9.17, 15) is 13.2 Å². The van der Waals surface area contributed by atoms with Crippen LogP contribution < -0.4 is 18.9 Å². The van der Waals surface area contributed by atoms with E-state index >= 15 is 0 Å². The van der Waals surface area contributed by atoms with Crippen molar-refractivity contribution in [3.05, 3.63) is 83.4 Å². The first kappa shape index (κ1) is 27.0. The molecular weight excluding hydrogens is 480 g/mol. The van der Waals surface area contributed by atoms with Crippen molar-refractivity contribution in [3.8, 4) is 17.2 Å². The summed E-state index contributed by atoms with van der Waals surface area (Å²) in [6, 6.07) is 19.6. The number of nitrogens with one attached hydrogen (secondary N) is 1. The molecule has 0 radical (unpaired) electrons. The van der Waals surface area contributed by atoms with Crippen LogP contribution in [0, 0.1) is 0 Å². The van der Waals surface area contributed by atoms with Crippen molar-refractivity contribution < 1.29 is 27.4 Å². The first-order valence-electron chi connectivity index (χ1n) is 11.4. The average Bonchev–Trinajstić information content (AvgIpc) is 2.90. The van der Waals surface area contributed by atoms with Crippen LogP contribution in [-0.4, -0.2) is 47.6 Å². The minimum absolute atomic E-state index is 0.0371. The van der Waals surface area contributed by atoms with Crippen molar-refractivity contribution in [2.45, 2.75) is 30.8 Å². The predicted octanol–water partition coefficient (Wildman–Crippen LogP) is 3.78. The molecule has 3 aromatic carbocycles. The quantitative estimate of drug-likeness (QED) is 0.397. The third-order valence-corrected chi connectivity index (χ3v) is 7.16. The van der Waals surface area contributed by atoms with Crippen LogP contribution in [-0.2, 0) is 34.3 Å². The van der Waals surface area contributed by atoms with Crippen LogP contribution in [0.15, 0.2) is 71.6 Å². The number of benzene rings is 3. The Morgan fingerprint density at radius 3 is 2.00 bits per heavy atom. The molecule has 8 nitrogen and oxygen atoms in total. The molecule has 192 valence electrons. The minimum atomic E-state index is -3.63. The number of sulfonamides is 1. The van der Waals surface area contributed by atoms with Gasteiger partial charge in [0.25, 0.3) is 0 Å². The lowest BCUT2D eigenvalue weighted by Crippen LogP contribution is -2.26.